The van der Waals surface area contributed by atoms with Gasteiger partial charge in [0.1, 0.15) is 0 Å². The van der Waals surface area contributed by atoms with Gasteiger partial charge in [0.25, 0.3) is 0 Å². The summed E-state index contributed by atoms with van der Waals surface area (Å²) in [6, 6.07) is 0.272. The number of rotatable bonds is 6. The molecule has 7 heteroatoms. The molecule has 0 atom stereocenters. The Balaban J connectivity index is 1.89. The van der Waals surface area contributed by atoms with Gasteiger partial charge in [-0.3, -0.25) is 9.63 Å². The van der Waals surface area contributed by atoms with E-state index in [4.69, 9.17) is 0 Å². The maximum Gasteiger partial charge on any atom is 0.413 e. The maximum atomic E-state index is 11.6. The van der Waals surface area contributed by atoms with Crippen LogP contribution < -0.4 is 10.8 Å². The molecule has 1 aliphatic carbocycles. The SMILES string of the molecule is O=C(CCNOCC(F)(F)F)NC1CC1. The molecule has 1 amide bonds. The van der Waals surface area contributed by atoms with Gasteiger partial charge in [0, 0.05) is 19.0 Å². The van der Waals surface area contributed by atoms with Gasteiger partial charge in [0.05, 0.1) is 0 Å². The summed E-state index contributed by atoms with van der Waals surface area (Å²) in [7, 11) is 0. The Hall–Kier alpha value is -0.820. The van der Waals surface area contributed by atoms with Crippen LogP contribution in [0.3, 0.4) is 0 Å². The third-order valence-electron chi connectivity index (χ3n) is 1.73. The summed E-state index contributed by atoms with van der Waals surface area (Å²) < 4.78 is 34.7. The van der Waals surface area contributed by atoms with Gasteiger partial charge in [-0.1, -0.05) is 0 Å². The van der Waals surface area contributed by atoms with E-state index in [1.165, 1.54) is 0 Å². The van der Waals surface area contributed by atoms with Gasteiger partial charge in [-0.15, -0.1) is 0 Å². The molecule has 1 rings (SSSR count). The standard InChI is InChI=1S/C8H13F3N2O2/c9-8(10,11)5-15-12-4-3-7(14)13-6-1-2-6/h6,12H,1-5H2,(H,13,14). The molecule has 0 aromatic carbocycles. The fraction of sp³-hybridized carbons (Fsp3) is 0.875. The zero-order valence-electron chi connectivity index (χ0n) is 8.06. The van der Waals surface area contributed by atoms with Crippen LogP contribution in [0, 0.1) is 0 Å². The van der Waals surface area contributed by atoms with E-state index >= 15 is 0 Å². The minimum Gasteiger partial charge on any atom is -0.353 e. The quantitative estimate of drug-likeness (QED) is 0.518. The number of carbonyl (C=O) groups excluding carboxylic acids is 1. The number of hydrogen-bond donors (Lipinski definition) is 2. The zero-order chi connectivity index (χ0) is 11.3. The molecule has 4 nitrogen and oxygen atoms in total. The molecule has 0 saturated heterocycles. The summed E-state index contributed by atoms with van der Waals surface area (Å²) in [6.07, 6.45) is -2.24. The Morgan fingerprint density at radius 3 is 2.60 bits per heavy atom. The third-order valence-corrected chi connectivity index (χ3v) is 1.73. The fourth-order valence-electron chi connectivity index (χ4n) is 0.897. The number of nitrogens with one attached hydrogen (secondary N) is 2. The van der Waals surface area contributed by atoms with Gasteiger partial charge < -0.3 is 5.32 Å². The first kappa shape index (κ1) is 12.3. The van der Waals surface area contributed by atoms with E-state index in [2.05, 4.69) is 15.6 Å². The van der Waals surface area contributed by atoms with Crippen LogP contribution in [-0.4, -0.2) is 31.3 Å². The molecule has 88 valence electrons. The van der Waals surface area contributed by atoms with Crippen molar-refractivity contribution in [2.24, 2.45) is 0 Å². The van der Waals surface area contributed by atoms with Crippen molar-refractivity contribution in [1.29, 1.82) is 0 Å². The van der Waals surface area contributed by atoms with Crippen molar-refractivity contribution in [1.82, 2.24) is 10.8 Å². The van der Waals surface area contributed by atoms with E-state index in [0.717, 1.165) is 12.8 Å². The second-order valence-corrected chi connectivity index (χ2v) is 3.39. The van der Waals surface area contributed by atoms with E-state index < -0.39 is 12.8 Å². The van der Waals surface area contributed by atoms with Gasteiger partial charge in [0.2, 0.25) is 5.91 Å². The van der Waals surface area contributed by atoms with Gasteiger partial charge in [-0.2, -0.15) is 13.2 Å². The van der Waals surface area contributed by atoms with Crippen molar-refractivity contribution >= 4 is 5.91 Å². The molecule has 15 heavy (non-hydrogen) atoms. The Morgan fingerprint density at radius 1 is 1.40 bits per heavy atom. The molecule has 1 saturated carbocycles. The number of amides is 1. The number of alkyl halides is 3. The van der Waals surface area contributed by atoms with E-state index in [1.807, 2.05) is 0 Å². The Labute approximate surface area is 85.1 Å². The van der Waals surface area contributed by atoms with Gasteiger partial charge in [0.15, 0.2) is 6.61 Å². The lowest BCUT2D eigenvalue weighted by Crippen LogP contribution is -2.31. The van der Waals surface area contributed by atoms with Crippen LogP contribution in [0.25, 0.3) is 0 Å². The second kappa shape index (κ2) is 5.32. The number of halogens is 3. The molecule has 0 spiro atoms. The highest BCUT2D eigenvalue weighted by Crippen LogP contribution is 2.18. The maximum absolute atomic E-state index is 11.6. The smallest absolute Gasteiger partial charge is 0.353 e. The molecular weight excluding hydrogens is 213 g/mol. The van der Waals surface area contributed by atoms with Crippen molar-refractivity contribution in [3.8, 4) is 0 Å². The Kier molecular flexibility index (Phi) is 4.34. The first-order valence-electron chi connectivity index (χ1n) is 4.68. The number of carbonyl (C=O) groups is 1. The molecule has 2 N–H and O–H groups in total. The molecular formula is C8H13F3N2O2. The fourth-order valence-corrected chi connectivity index (χ4v) is 0.897. The van der Waals surface area contributed by atoms with Crippen molar-refractivity contribution in [3.05, 3.63) is 0 Å². The highest BCUT2D eigenvalue weighted by atomic mass is 19.4. The molecule has 0 aromatic rings. The van der Waals surface area contributed by atoms with Crippen molar-refractivity contribution < 1.29 is 22.8 Å². The van der Waals surface area contributed by atoms with Crippen molar-refractivity contribution in [2.45, 2.75) is 31.5 Å². The topological polar surface area (TPSA) is 50.4 Å². The molecule has 0 unspecified atom stereocenters. The average molecular weight is 226 g/mol. The lowest BCUT2D eigenvalue weighted by molar-refractivity contribution is -0.189. The van der Waals surface area contributed by atoms with Crippen LogP contribution in [-0.2, 0) is 9.63 Å². The zero-order valence-corrected chi connectivity index (χ0v) is 8.06. The van der Waals surface area contributed by atoms with Gasteiger partial charge >= 0.3 is 6.18 Å². The van der Waals surface area contributed by atoms with Crippen LogP contribution >= 0.6 is 0 Å². The largest absolute Gasteiger partial charge is 0.413 e. The molecule has 0 heterocycles. The minimum atomic E-state index is -4.34. The summed E-state index contributed by atoms with van der Waals surface area (Å²) in [5.74, 6) is -0.166. The van der Waals surface area contributed by atoms with Crippen LogP contribution in [0.5, 0.6) is 0 Å². The van der Waals surface area contributed by atoms with E-state index in [0.29, 0.717) is 0 Å². The van der Waals surface area contributed by atoms with Crippen LogP contribution in [0.15, 0.2) is 0 Å². The van der Waals surface area contributed by atoms with Crippen LogP contribution in [0.2, 0.25) is 0 Å². The Morgan fingerprint density at radius 2 is 2.07 bits per heavy atom. The van der Waals surface area contributed by atoms with Gasteiger partial charge in [-0.25, -0.2) is 5.48 Å². The molecule has 0 aliphatic heterocycles. The van der Waals surface area contributed by atoms with Crippen molar-refractivity contribution in [2.75, 3.05) is 13.2 Å². The van der Waals surface area contributed by atoms with E-state index in [1.54, 1.807) is 0 Å². The summed E-state index contributed by atoms with van der Waals surface area (Å²) in [5.41, 5.74) is 2.09. The minimum absolute atomic E-state index is 0.0780. The normalized spacial score (nSPS) is 16.5. The molecule has 1 fully saturated rings. The highest BCUT2D eigenvalue weighted by molar-refractivity contribution is 5.76. The lowest BCUT2D eigenvalue weighted by Gasteiger charge is -2.08. The van der Waals surface area contributed by atoms with Crippen LogP contribution in [0.4, 0.5) is 13.2 Å². The first-order chi connectivity index (χ1) is 6.97. The van der Waals surface area contributed by atoms with Crippen LogP contribution in [0.1, 0.15) is 19.3 Å². The van der Waals surface area contributed by atoms with Gasteiger partial charge in [-0.05, 0) is 12.8 Å². The predicted octanol–water partition coefficient (Wildman–Crippen LogP) is 0.739. The Bertz CT molecular complexity index is 216. The molecule has 0 aromatic heterocycles. The summed E-state index contributed by atoms with van der Waals surface area (Å²) >= 11 is 0. The summed E-state index contributed by atoms with van der Waals surface area (Å²) in [5, 5.41) is 2.70. The molecule has 0 bridgehead atoms. The number of hydrogen-bond acceptors (Lipinski definition) is 3. The monoisotopic (exact) mass is 226 g/mol. The first-order valence-corrected chi connectivity index (χ1v) is 4.68. The van der Waals surface area contributed by atoms with E-state index in [-0.39, 0.29) is 24.9 Å². The summed E-state index contributed by atoms with van der Waals surface area (Å²) in [6.45, 7) is -1.27. The molecule has 1 aliphatic rings. The van der Waals surface area contributed by atoms with E-state index in [9.17, 15) is 18.0 Å². The third kappa shape index (κ3) is 7.15. The molecule has 0 radical (unpaired) electrons. The van der Waals surface area contributed by atoms with Crippen molar-refractivity contribution in [3.63, 3.8) is 0 Å². The number of hydroxylamine groups is 1. The lowest BCUT2D eigenvalue weighted by atomic mass is 10.4. The average Bonchev–Trinajstić information content (AvgIpc) is 2.85. The second-order valence-electron chi connectivity index (χ2n) is 3.39. The summed E-state index contributed by atoms with van der Waals surface area (Å²) in [4.78, 5) is 15.1. The predicted molar refractivity (Wildman–Crippen MR) is 45.8 cm³/mol. The highest BCUT2D eigenvalue weighted by Gasteiger charge is 2.27.